The Labute approximate surface area is 128 Å². The first-order valence-electron chi connectivity index (χ1n) is 7.42. The fraction of sp³-hybridized carbons (Fsp3) is 0.625. The minimum atomic E-state index is 0.654. The lowest BCUT2D eigenvalue weighted by molar-refractivity contribution is 0.110. The van der Waals surface area contributed by atoms with Gasteiger partial charge in [0.15, 0.2) is 0 Å². The summed E-state index contributed by atoms with van der Waals surface area (Å²) in [4.78, 5) is 2.31. The monoisotopic (exact) mass is 296 g/mol. The Morgan fingerprint density at radius 1 is 1.05 bits per heavy atom. The number of hydrogen-bond donors (Lipinski definition) is 1. The Balaban J connectivity index is 2.53. The summed E-state index contributed by atoms with van der Waals surface area (Å²) in [5, 5.41) is 0. The predicted octanol–water partition coefficient (Wildman–Crippen LogP) is 1.51. The number of hydrogen-bond acceptors (Lipinski definition) is 5. The molecule has 0 aliphatic heterocycles. The van der Waals surface area contributed by atoms with Crippen molar-refractivity contribution in [2.75, 3.05) is 53.7 Å². The third-order valence-electron chi connectivity index (χ3n) is 3.15. The minimum absolute atomic E-state index is 0.654. The average Bonchev–Trinajstić information content (AvgIpc) is 2.50. The van der Waals surface area contributed by atoms with Crippen molar-refractivity contribution in [1.82, 2.24) is 4.90 Å². The summed E-state index contributed by atoms with van der Waals surface area (Å²) in [6, 6.07) is 8.21. The maximum atomic E-state index is 5.68. The van der Waals surface area contributed by atoms with Crippen LogP contribution in [0.3, 0.4) is 0 Å². The zero-order valence-electron chi connectivity index (χ0n) is 13.2. The molecule has 1 aromatic carbocycles. The van der Waals surface area contributed by atoms with Crippen molar-refractivity contribution < 1.29 is 14.2 Å². The number of rotatable bonds is 12. The van der Waals surface area contributed by atoms with Crippen LogP contribution in [0, 0.1) is 0 Å². The number of benzene rings is 1. The van der Waals surface area contributed by atoms with Crippen LogP contribution in [0.25, 0.3) is 0 Å². The van der Waals surface area contributed by atoms with Gasteiger partial charge in [-0.3, -0.25) is 4.90 Å². The van der Waals surface area contributed by atoms with Crippen molar-refractivity contribution in [3.05, 3.63) is 29.8 Å². The van der Waals surface area contributed by atoms with Crippen molar-refractivity contribution >= 4 is 0 Å². The summed E-state index contributed by atoms with van der Waals surface area (Å²) in [5.74, 6) is 0.902. The number of ether oxygens (including phenoxy) is 3. The van der Waals surface area contributed by atoms with E-state index in [1.54, 1.807) is 14.2 Å². The van der Waals surface area contributed by atoms with Crippen LogP contribution in [-0.4, -0.2) is 58.6 Å². The average molecular weight is 296 g/mol. The standard InChI is InChI=1S/C16H28N2O3/c1-19-11-8-18(9-12-20-2)14-15-5-3-6-16(13-15)21-10-4-7-17/h3,5-6,13H,4,7-12,14,17H2,1-2H3. The number of nitrogens with two attached hydrogens (primary N) is 1. The molecule has 0 heterocycles. The van der Waals surface area contributed by atoms with Gasteiger partial charge >= 0.3 is 0 Å². The van der Waals surface area contributed by atoms with Gasteiger partial charge in [0.2, 0.25) is 0 Å². The molecule has 0 bridgehead atoms. The van der Waals surface area contributed by atoms with Crippen LogP contribution in [0.15, 0.2) is 24.3 Å². The van der Waals surface area contributed by atoms with Gasteiger partial charge < -0.3 is 19.9 Å². The molecule has 1 aromatic rings. The summed E-state index contributed by atoms with van der Waals surface area (Å²) in [7, 11) is 3.45. The van der Waals surface area contributed by atoms with Crippen molar-refractivity contribution in [1.29, 1.82) is 0 Å². The molecular formula is C16H28N2O3. The largest absolute Gasteiger partial charge is 0.494 e. The maximum absolute atomic E-state index is 5.68. The smallest absolute Gasteiger partial charge is 0.119 e. The molecule has 0 aliphatic carbocycles. The molecule has 1 rings (SSSR count). The normalized spacial score (nSPS) is 11.0. The molecular weight excluding hydrogens is 268 g/mol. The van der Waals surface area contributed by atoms with Gasteiger partial charge in [-0.1, -0.05) is 12.1 Å². The third kappa shape index (κ3) is 8.02. The van der Waals surface area contributed by atoms with E-state index in [9.17, 15) is 0 Å². The SMILES string of the molecule is COCCN(CCOC)Cc1cccc(OCCCN)c1. The number of methoxy groups -OCH3 is 2. The molecule has 21 heavy (non-hydrogen) atoms. The molecule has 2 N–H and O–H groups in total. The van der Waals surface area contributed by atoms with E-state index in [4.69, 9.17) is 19.9 Å². The molecule has 5 heteroatoms. The van der Waals surface area contributed by atoms with Crippen LogP contribution in [0.5, 0.6) is 5.75 Å². The van der Waals surface area contributed by atoms with Gasteiger partial charge in [0, 0.05) is 33.9 Å². The highest BCUT2D eigenvalue weighted by atomic mass is 16.5. The summed E-state index contributed by atoms with van der Waals surface area (Å²) in [5.41, 5.74) is 6.70. The van der Waals surface area contributed by atoms with E-state index in [0.29, 0.717) is 13.2 Å². The first-order valence-corrected chi connectivity index (χ1v) is 7.42. The van der Waals surface area contributed by atoms with Crippen molar-refractivity contribution in [2.45, 2.75) is 13.0 Å². The molecule has 120 valence electrons. The van der Waals surface area contributed by atoms with Gasteiger partial charge in [0.05, 0.1) is 19.8 Å². The molecule has 0 fully saturated rings. The van der Waals surface area contributed by atoms with Crippen LogP contribution >= 0.6 is 0 Å². The predicted molar refractivity (Wildman–Crippen MR) is 84.6 cm³/mol. The molecule has 0 saturated heterocycles. The Morgan fingerprint density at radius 2 is 1.76 bits per heavy atom. The molecule has 0 unspecified atom stereocenters. The van der Waals surface area contributed by atoms with Crippen molar-refractivity contribution in [3.63, 3.8) is 0 Å². The van der Waals surface area contributed by atoms with E-state index in [2.05, 4.69) is 17.0 Å². The quantitative estimate of drug-likeness (QED) is 0.593. The second kappa shape index (κ2) is 11.5. The molecule has 0 atom stereocenters. The van der Waals surface area contributed by atoms with Gasteiger partial charge in [0.25, 0.3) is 0 Å². The molecule has 0 amide bonds. The van der Waals surface area contributed by atoms with Crippen molar-refractivity contribution in [3.8, 4) is 5.75 Å². The van der Waals surface area contributed by atoms with Crippen LogP contribution in [-0.2, 0) is 16.0 Å². The first-order chi connectivity index (χ1) is 10.3. The lowest BCUT2D eigenvalue weighted by atomic mass is 10.2. The summed E-state index contributed by atoms with van der Waals surface area (Å²) < 4.78 is 16.0. The highest BCUT2D eigenvalue weighted by Crippen LogP contribution is 2.15. The Bertz CT molecular complexity index is 366. The Hall–Kier alpha value is -1.14. The van der Waals surface area contributed by atoms with E-state index < -0.39 is 0 Å². The molecule has 0 aromatic heterocycles. The highest BCUT2D eigenvalue weighted by molar-refractivity contribution is 5.28. The lowest BCUT2D eigenvalue weighted by Crippen LogP contribution is -2.30. The van der Waals surface area contributed by atoms with E-state index in [0.717, 1.165) is 45.0 Å². The fourth-order valence-electron chi connectivity index (χ4n) is 1.98. The molecule has 0 aliphatic rings. The second-order valence-corrected chi connectivity index (χ2v) is 4.90. The van der Waals surface area contributed by atoms with E-state index in [1.807, 2.05) is 12.1 Å². The molecule has 5 nitrogen and oxygen atoms in total. The topological polar surface area (TPSA) is 57.0 Å². The van der Waals surface area contributed by atoms with E-state index >= 15 is 0 Å². The van der Waals surface area contributed by atoms with Gasteiger partial charge in [-0.25, -0.2) is 0 Å². The second-order valence-electron chi connectivity index (χ2n) is 4.90. The van der Waals surface area contributed by atoms with Gasteiger partial charge in [-0.05, 0) is 30.7 Å². The summed E-state index contributed by atoms with van der Waals surface area (Å²) in [6.45, 7) is 5.39. The first kappa shape index (κ1) is 17.9. The Kier molecular flexibility index (Phi) is 9.82. The third-order valence-corrected chi connectivity index (χ3v) is 3.15. The molecule has 0 saturated carbocycles. The highest BCUT2D eigenvalue weighted by Gasteiger charge is 2.06. The van der Waals surface area contributed by atoms with E-state index in [1.165, 1.54) is 5.56 Å². The van der Waals surface area contributed by atoms with Gasteiger partial charge in [-0.15, -0.1) is 0 Å². The summed E-state index contributed by atoms with van der Waals surface area (Å²) >= 11 is 0. The Morgan fingerprint density at radius 3 is 2.38 bits per heavy atom. The van der Waals surface area contributed by atoms with Gasteiger partial charge in [-0.2, -0.15) is 0 Å². The van der Waals surface area contributed by atoms with Gasteiger partial charge in [0.1, 0.15) is 5.75 Å². The van der Waals surface area contributed by atoms with Crippen LogP contribution in [0.4, 0.5) is 0 Å². The molecule has 0 spiro atoms. The van der Waals surface area contributed by atoms with E-state index in [-0.39, 0.29) is 0 Å². The van der Waals surface area contributed by atoms with Crippen LogP contribution < -0.4 is 10.5 Å². The van der Waals surface area contributed by atoms with Crippen LogP contribution in [0.1, 0.15) is 12.0 Å². The minimum Gasteiger partial charge on any atom is -0.494 e. The zero-order valence-corrected chi connectivity index (χ0v) is 13.2. The molecule has 0 radical (unpaired) electrons. The van der Waals surface area contributed by atoms with Crippen LogP contribution in [0.2, 0.25) is 0 Å². The lowest BCUT2D eigenvalue weighted by Gasteiger charge is -2.22. The number of nitrogens with zero attached hydrogens (tertiary/aromatic N) is 1. The summed E-state index contributed by atoms with van der Waals surface area (Å²) in [6.07, 6.45) is 0.873. The zero-order chi connectivity index (χ0) is 15.3. The maximum Gasteiger partial charge on any atom is 0.119 e. The van der Waals surface area contributed by atoms with Crippen molar-refractivity contribution in [2.24, 2.45) is 5.73 Å². The fourth-order valence-corrected chi connectivity index (χ4v) is 1.98.